The first kappa shape index (κ1) is 15.6. The molecule has 0 unspecified atom stereocenters. The molecule has 0 spiro atoms. The van der Waals surface area contributed by atoms with Crippen LogP contribution in [0.2, 0.25) is 0 Å². The van der Waals surface area contributed by atoms with Gasteiger partial charge in [0.2, 0.25) is 0 Å². The van der Waals surface area contributed by atoms with Crippen LogP contribution in [0.25, 0.3) is 11.5 Å². The Morgan fingerprint density at radius 2 is 2.09 bits per heavy atom. The molecule has 0 saturated carbocycles. The molecule has 5 heteroatoms. The van der Waals surface area contributed by atoms with Crippen LogP contribution < -0.4 is 15.2 Å². The van der Waals surface area contributed by atoms with Crippen molar-refractivity contribution in [1.82, 2.24) is 0 Å². The number of hydrogen-bond donors (Lipinski definition) is 2. The van der Waals surface area contributed by atoms with Crippen molar-refractivity contribution >= 4 is 5.82 Å². The van der Waals surface area contributed by atoms with E-state index in [4.69, 9.17) is 4.42 Å². The molecule has 0 amide bonds. The van der Waals surface area contributed by atoms with Gasteiger partial charge in [-0.3, -0.25) is 5.32 Å². The number of fused-ring (bicyclic) bond motifs is 1. The van der Waals surface area contributed by atoms with Crippen molar-refractivity contribution in [3.63, 3.8) is 0 Å². The third-order valence-electron chi connectivity index (χ3n) is 4.38. The Hall–Kier alpha value is -2.32. The number of aromatic amines is 1. The fourth-order valence-corrected chi connectivity index (χ4v) is 3.20. The summed E-state index contributed by atoms with van der Waals surface area (Å²) >= 11 is 0. The largest absolute Gasteiger partial charge is 0.461 e. The maximum Gasteiger partial charge on any atom is 0.291 e. The van der Waals surface area contributed by atoms with Crippen molar-refractivity contribution in [2.75, 3.05) is 32.5 Å². The molecule has 5 nitrogen and oxygen atoms in total. The standard InChI is InChI=1S/C18H22N4O/c1-22(2)10-9-20-18-15(12-19)13-6-3-4-7-14(13)17(21-18)16-8-5-11-23-16/h5,8,11H,3-4,6-7,9-10H2,1-2H3,(H,20,21)/p+2. The third kappa shape index (κ3) is 3.22. The average Bonchev–Trinajstić information content (AvgIpc) is 3.08. The van der Waals surface area contributed by atoms with Crippen molar-refractivity contribution in [2.24, 2.45) is 0 Å². The zero-order valence-corrected chi connectivity index (χ0v) is 13.8. The van der Waals surface area contributed by atoms with Crippen LogP contribution in [0.4, 0.5) is 5.82 Å². The van der Waals surface area contributed by atoms with Crippen LogP contribution in [0.15, 0.2) is 22.8 Å². The molecule has 2 aromatic heterocycles. The van der Waals surface area contributed by atoms with E-state index in [-0.39, 0.29) is 0 Å². The number of quaternary nitrogens is 1. The van der Waals surface area contributed by atoms with Crippen LogP contribution in [-0.2, 0) is 12.8 Å². The molecule has 0 saturated heterocycles. The maximum atomic E-state index is 9.67. The molecule has 2 heterocycles. The molecule has 3 N–H and O–H groups in total. The van der Waals surface area contributed by atoms with Crippen molar-refractivity contribution in [1.29, 1.82) is 5.26 Å². The zero-order chi connectivity index (χ0) is 16.2. The van der Waals surface area contributed by atoms with Crippen LogP contribution in [0, 0.1) is 11.3 Å². The molecule has 3 rings (SSSR count). The van der Waals surface area contributed by atoms with Crippen LogP contribution in [-0.4, -0.2) is 27.2 Å². The van der Waals surface area contributed by atoms with Gasteiger partial charge in [-0.05, 0) is 43.4 Å². The normalized spacial score (nSPS) is 13.7. The minimum atomic E-state index is 0.767. The molecule has 23 heavy (non-hydrogen) atoms. The first-order chi connectivity index (χ1) is 11.2. The summed E-state index contributed by atoms with van der Waals surface area (Å²) in [6.07, 6.45) is 5.97. The SMILES string of the molecule is C[NH+](C)CCNc1[nH+]c(-c2ccco2)c2c(c1C#N)CCCC2. The number of nitrogens with zero attached hydrogens (tertiary/aromatic N) is 1. The first-order valence-electron chi connectivity index (χ1n) is 8.28. The van der Waals surface area contributed by atoms with Gasteiger partial charge in [0.15, 0.2) is 11.5 Å². The maximum absolute atomic E-state index is 9.67. The molecule has 2 aromatic rings. The van der Waals surface area contributed by atoms with E-state index < -0.39 is 0 Å². The van der Waals surface area contributed by atoms with E-state index in [2.05, 4.69) is 30.5 Å². The number of nitrogens with one attached hydrogen (secondary N) is 3. The highest BCUT2D eigenvalue weighted by Gasteiger charge is 2.27. The summed E-state index contributed by atoms with van der Waals surface area (Å²) in [4.78, 5) is 4.81. The van der Waals surface area contributed by atoms with Crippen molar-refractivity contribution < 1.29 is 14.3 Å². The summed E-state index contributed by atoms with van der Waals surface area (Å²) in [6, 6.07) is 6.28. The monoisotopic (exact) mass is 312 g/mol. The molecule has 1 aliphatic carbocycles. The number of anilines is 1. The quantitative estimate of drug-likeness (QED) is 0.868. The first-order valence-corrected chi connectivity index (χ1v) is 8.28. The van der Waals surface area contributed by atoms with Crippen molar-refractivity contribution in [2.45, 2.75) is 25.7 Å². The predicted octanol–water partition coefficient (Wildman–Crippen LogP) is 1.07. The van der Waals surface area contributed by atoms with Crippen LogP contribution in [0.3, 0.4) is 0 Å². The van der Waals surface area contributed by atoms with Crippen molar-refractivity contribution in [3.8, 4) is 17.5 Å². The smallest absolute Gasteiger partial charge is 0.291 e. The molecule has 0 radical (unpaired) electrons. The fourth-order valence-electron chi connectivity index (χ4n) is 3.20. The van der Waals surface area contributed by atoms with Crippen LogP contribution in [0.1, 0.15) is 29.5 Å². The summed E-state index contributed by atoms with van der Waals surface area (Å²) in [5.74, 6) is 1.66. The zero-order valence-electron chi connectivity index (χ0n) is 13.8. The molecule has 0 bridgehead atoms. The summed E-state index contributed by atoms with van der Waals surface area (Å²) < 4.78 is 5.61. The second-order valence-electron chi connectivity index (χ2n) is 6.39. The predicted molar refractivity (Wildman–Crippen MR) is 88.2 cm³/mol. The fraction of sp³-hybridized carbons (Fsp3) is 0.444. The molecular formula is C18H24N4O+2. The Kier molecular flexibility index (Phi) is 4.63. The van der Waals surface area contributed by atoms with Gasteiger partial charge in [0.1, 0.15) is 24.7 Å². The van der Waals surface area contributed by atoms with Crippen molar-refractivity contribution in [3.05, 3.63) is 35.1 Å². The lowest BCUT2D eigenvalue weighted by atomic mass is 9.87. The molecule has 0 aliphatic heterocycles. The minimum absolute atomic E-state index is 0.767. The summed E-state index contributed by atoms with van der Waals surface area (Å²) in [5, 5.41) is 13.1. The van der Waals surface area contributed by atoms with Gasteiger partial charge >= 0.3 is 0 Å². The van der Waals surface area contributed by atoms with Gasteiger partial charge in [-0.1, -0.05) is 0 Å². The Morgan fingerprint density at radius 3 is 2.74 bits per heavy atom. The molecule has 0 atom stereocenters. The highest BCUT2D eigenvalue weighted by Crippen LogP contribution is 2.32. The van der Waals surface area contributed by atoms with Gasteiger partial charge in [0.25, 0.3) is 5.82 Å². The van der Waals surface area contributed by atoms with Gasteiger partial charge in [-0.15, -0.1) is 0 Å². The lowest BCUT2D eigenvalue weighted by Crippen LogP contribution is -3.06. The number of aromatic nitrogens is 1. The van der Waals surface area contributed by atoms with Gasteiger partial charge < -0.3 is 9.32 Å². The molecular weight excluding hydrogens is 288 g/mol. The molecule has 120 valence electrons. The van der Waals surface area contributed by atoms with E-state index >= 15 is 0 Å². The number of hydrogen-bond acceptors (Lipinski definition) is 3. The average molecular weight is 312 g/mol. The second kappa shape index (κ2) is 6.84. The number of furan rings is 1. The van der Waals surface area contributed by atoms with E-state index in [0.29, 0.717) is 0 Å². The lowest BCUT2D eigenvalue weighted by molar-refractivity contribution is -0.856. The van der Waals surface area contributed by atoms with Gasteiger partial charge in [0.05, 0.1) is 20.4 Å². The van der Waals surface area contributed by atoms with E-state index in [9.17, 15) is 5.26 Å². The number of pyridine rings is 1. The highest BCUT2D eigenvalue weighted by molar-refractivity contribution is 5.64. The Balaban J connectivity index is 2.04. The number of H-pyrrole nitrogens is 1. The van der Waals surface area contributed by atoms with E-state index in [1.807, 2.05) is 12.1 Å². The summed E-state index contributed by atoms with van der Waals surface area (Å²) in [6.45, 7) is 1.82. The van der Waals surface area contributed by atoms with Gasteiger partial charge in [-0.25, -0.2) is 4.98 Å². The number of nitriles is 1. The van der Waals surface area contributed by atoms with Gasteiger partial charge in [0, 0.05) is 5.56 Å². The molecule has 1 aliphatic rings. The van der Waals surface area contributed by atoms with E-state index in [1.165, 1.54) is 16.0 Å². The molecule has 0 aromatic carbocycles. The highest BCUT2D eigenvalue weighted by atomic mass is 16.3. The Bertz CT molecular complexity index is 714. The van der Waals surface area contributed by atoms with Crippen LogP contribution >= 0.6 is 0 Å². The summed E-state index contributed by atoms with van der Waals surface area (Å²) in [5.41, 5.74) is 4.21. The summed E-state index contributed by atoms with van der Waals surface area (Å²) in [7, 11) is 4.25. The third-order valence-corrected chi connectivity index (χ3v) is 4.38. The Morgan fingerprint density at radius 1 is 1.30 bits per heavy atom. The minimum Gasteiger partial charge on any atom is -0.461 e. The molecule has 0 fully saturated rings. The topological polar surface area (TPSA) is 67.5 Å². The number of likely N-dealkylation sites (N-methyl/N-ethyl adjacent to an activating group) is 1. The lowest BCUT2D eigenvalue weighted by Gasteiger charge is -2.19. The van der Waals surface area contributed by atoms with Gasteiger partial charge in [-0.2, -0.15) is 5.26 Å². The van der Waals surface area contributed by atoms with E-state index in [1.54, 1.807) is 6.26 Å². The van der Waals surface area contributed by atoms with Crippen LogP contribution in [0.5, 0.6) is 0 Å². The second-order valence-corrected chi connectivity index (χ2v) is 6.39. The van der Waals surface area contributed by atoms with E-state index in [0.717, 1.165) is 61.6 Å². The Labute approximate surface area is 136 Å². The number of rotatable bonds is 5.